The molecule has 30 heavy (non-hydrogen) atoms. The lowest BCUT2D eigenvalue weighted by Gasteiger charge is -2.11. The molecule has 2 aliphatic rings. The molecular formula is C22H21N3O4S. The molecule has 0 aliphatic heterocycles. The van der Waals surface area contributed by atoms with E-state index in [9.17, 15) is 9.59 Å². The number of nitrogens with zero attached hydrogens (tertiary/aromatic N) is 2. The average Bonchev–Trinajstić information content (AvgIpc) is 3.08. The first-order valence-electron chi connectivity index (χ1n) is 10.1. The fourth-order valence-corrected chi connectivity index (χ4v) is 4.97. The van der Waals surface area contributed by atoms with Crippen LogP contribution in [0.5, 0.6) is 0 Å². The number of ether oxygens (including phenoxy) is 1. The molecule has 0 saturated heterocycles. The van der Waals surface area contributed by atoms with E-state index in [1.165, 1.54) is 11.3 Å². The Labute approximate surface area is 177 Å². The second-order valence-corrected chi connectivity index (χ2v) is 8.73. The Balaban J connectivity index is 1.33. The van der Waals surface area contributed by atoms with E-state index >= 15 is 0 Å². The Morgan fingerprint density at radius 3 is 2.83 bits per heavy atom. The van der Waals surface area contributed by atoms with E-state index in [1.54, 1.807) is 6.92 Å². The molecule has 1 aromatic carbocycles. The highest BCUT2D eigenvalue weighted by Gasteiger charge is 2.54. The molecule has 3 aromatic rings. The predicted octanol–water partition coefficient (Wildman–Crippen LogP) is 4.06. The van der Waals surface area contributed by atoms with E-state index in [2.05, 4.69) is 15.5 Å². The minimum atomic E-state index is -0.673. The maximum atomic E-state index is 13.1. The van der Waals surface area contributed by atoms with E-state index in [0.717, 1.165) is 35.4 Å². The van der Waals surface area contributed by atoms with Crippen molar-refractivity contribution < 1.29 is 18.8 Å². The number of thiazole rings is 1. The molecule has 1 amide bonds. The molecule has 8 heteroatoms. The number of hydrogen-bond acceptors (Lipinski definition) is 7. The third-order valence-corrected chi connectivity index (χ3v) is 6.80. The summed E-state index contributed by atoms with van der Waals surface area (Å²) in [5, 5.41) is 7.65. The van der Waals surface area contributed by atoms with Crippen LogP contribution >= 0.6 is 11.3 Å². The van der Waals surface area contributed by atoms with Crippen molar-refractivity contribution in [3.63, 3.8) is 0 Å². The van der Waals surface area contributed by atoms with Crippen molar-refractivity contribution in [1.82, 2.24) is 10.1 Å². The Hall–Kier alpha value is -3.00. The Kier molecular flexibility index (Phi) is 4.66. The Morgan fingerprint density at radius 1 is 1.30 bits per heavy atom. The van der Waals surface area contributed by atoms with Crippen molar-refractivity contribution in [1.29, 1.82) is 0 Å². The maximum Gasteiger partial charge on any atom is 0.315 e. The summed E-state index contributed by atoms with van der Waals surface area (Å²) in [5.74, 6) is -0.0551. The molecule has 0 radical (unpaired) electrons. The highest BCUT2D eigenvalue weighted by molar-refractivity contribution is 7.16. The van der Waals surface area contributed by atoms with Crippen molar-refractivity contribution in [2.45, 2.75) is 43.9 Å². The van der Waals surface area contributed by atoms with Crippen LogP contribution in [-0.2, 0) is 26.2 Å². The highest BCUT2D eigenvalue weighted by Crippen LogP contribution is 2.49. The van der Waals surface area contributed by atoms with E-state index in [-0.39, 0.29) is 17.8 Å². The number of fused-ring (bicyclic) bond motifs is 1. The third-order valence-electron chi connectivity index (χ3n) is 5.75. The van der Waals surface area contributed by atoms with Crippen LogP contribution in [0.3, 0.4) is 0 Å². The zero-order valence-electron chi connectivity index (χ0n) is 16.5. The Morgan fingerprint density at radius 2 is 2.10 bits per heavy atom. The predicted molar refractivity (Wildman–Crippen MR) is 111 cm³/mol. The lowest BCUT2D eigenvalue weighted by Crippen LogP contribution is -2.28. The molecule has 1 fully saturated rings. The molecule has 2 heterocycles. The summed E-state index contributed by atoms with van der Waals surface area (Å²) >= 11 is 1.44. The van der Waals surface area contributed by atoms with Gasteiger partial charge in [-0.2, -0.15) is 0 Å². The fourth-order valence-electron chi connectivity index (χ4n) is 3.93. The lowest BCUT2D eigenvalue weighted by atomic mass is 10.0. The molecule has 5 rings (SSSR count). The van der Waals surface area contributed by atoms with Crippen LogP contribution < -0.4 is 5.32 Å². The number of hydrogen-bond donors (Lipinski definition) is 1. The molecule has 1 atom stereocenters. The topological polar surface area (TPSA) is 94.3 Å². The van der Waals surface area contributed by atoms with Crippen LogP contribution in [0.2, 0.25) is 0 Å². The summed E-state index contributed by atoms with van der Waals surface area (Å²) in [5.41, 5.74) is 1.64. The van der Waals surface area contributed by atoms with Gasteiger partial charge < -0.3 is 14.6 Å². The first-order valence-corrected chi connectivity index (χ1v) is 10.9. The minimum absolute atomic E-state index is 0.129. The van der Waals surface area contributed by atoms with Gasteiger partial charge in [-0.3, -0.25) is 9.59 Å². The summed E-state index contributed by atoms with van der Waals surface area (Å²) in [6.07, 6.45) is 2.93. The van der Waals surface area contributed by atoms with Crippen LogP contribution in [0.4, 0.5) is 5.13 Å². The smallest absolute Gasteiger partial charge is 0.315 e. The number of rotatable bonds is 6. The minimum Gasteiger partial charge on any atom is -0.465 e. The van der Waals surface area contributed by atoms with Crippen LogP contribution in [0.1, 0.15) is 48.4 Å². The zero-order chi connectivity index (χ0) is 20.7. The molecule has 2 aliphatic carbocycles. The monoisotopic (exact) mass is 423 g/mol. The van der Waals surface area contributed by atoms with Gasteiger partial charge in [0.25, 0.3) is 0 Å². The standard InChI is InChI=1S/C22H21N3O4S/c1-2-28-19(26)14-8-9-16-18(14)23-21(30-16)24-20(27)22(10-11-22)17-12-15(29-25-17)13-6-4-3-5-7-13/h3-7,12,14H,2,8-11H2,1H3,(H,23,24,27). The van der Waals surface area contributed by atoms with Gasteiger partial charge in [-0.15, -0.1) is 11.3 Å². The van der Waals surface area contributed by atoms with Crippen LogP contribution in [0.15, 0.2) is 40.9 Å². The summed E-state index contributed by atoms with van der Waals surface area (Å²) in [6.45, 7) is 2.15. The van der Waals surface area contributed by atoms with E-state index in [4.69, 9.17) is 9.26 Å². The second kappa shape index (κ2) is 7.36. The lowest BCUT2D eigenvalue weighted by molar-refractivity contribution is -0.145. The van der Waals surface area contributed by atoms with Crippen molar-refractivity contribution in [2.75, 3.05) is 11.9 Å². The average molecular weight is 423 g/mol. The summed E-state index contributed by atoms with van der Waals surface area (Å²) < 4.78 is 10.6. The number of benzene rings is 1. The van der Waals surface area contributed by atoms with Crippen LogP contribution in [0, 0.1) is 0 Å². The van der Waals surface area contributed by atoms with Gasteiger partial charge in [0.2, 0.25) is 5.91 Å². The molecular weight excluding hydrogens is 402 g/mol. The normalized spacial score (nSPS) is 18.6. The second-order valence-electron chi connectivity index (χ2n) is 7.65. The van der Waals surface area contributed by atoms with E-state index in [1.807, 2.05) is 36.4 Å². The maximum absolute atomic E-state index is 13.1. The van der Waals surface area contributed by atoms with E-state index < -0.39 is 5.41 Å². The van der Waals surface area contributed by atoms with Crippen LogP contribution in [-0.4, -0.2) is 28.6 Å². The van der Waals surface area contributed by atoms with Gasteiger partial charge in [-0.1, -0.05) is 35.5 Å². The van der Waals surface area contributed by atoms with Crippen LogP contribution in [0.25, 0.3) is 11.3 Å². The highest BCUT2D eigenvalue weighted by atomic mass is 32.1. The number of carbonyl (C=O) groups is 2. The fraction of sp³-hybridized carbons (Fsp3) is 0.364. The van der Waals surface area contributed by atoms with E-state index in [0.29, 0.717) is 29.6 Å². The summed E-state index contributed by atoms with van der Waals surface area (Å²) in [6, 6.07) is 11.5. The first kappa shape index (κ1) is 19.0. The Bertz CT molecular complexity index is 1100. The number of aromatic nitrogens is 2. The number of carbonyl (C=O) groups excluding carboxylic acids is 2. The summed E-state index contributed by atoms with van der Waals surface area (Å²) in [4.78, 5) is 30.8. The number of nitrogens with one attached hydrogen (secondary N) is 1. The van der Waals surface area contributed by atoms with Gasteiger partial charge >= 0.3 is 5.97 Å². The van der Waals surface area contributed by atoms with Gasteiger partial charge in [-0.25, -0.2) is 4.98 Å². The zero-order valence-corrected chi connectivity index (χ0v) is 17.3. The SMILES string of the molecule is CCOC(=O)C1CCc2sc(NC(=O)C3(c4cc(-c5ccccc5)on4)CC3)nc21. The van der Waals surface area contributed by atoms with Gasteiger partial charge in [0.15, 0.2) is 10.9 Å². The molecule has 154 valence electrons. The van der Waals surface area contributed by atoms with Gasteiger partial charge in [0.1, 0.15) is 5.92 Å². The van der Waals surface area contributed by atoms with Crippen molar-refractivity contribution in [3.05, 3.63) is 52.7 Å². The molecule has 0 bridgehead atoms. The molecule has 1 saturated carbocycles. The number of amides is 1. The van der Waals surface area contributed by atoms with Gasteiger partial charge in [0, 0.05) is 16.5 Å². The molecule has 1 N–H and O–H groups in total. The van der Waals surface area contributed by atoms with Crippen molar-refractivity contribution in [3.8, 4) is 11.3 Å². The largest absolute Gasteiger partial charge is 0.465 e. The number of esters is 1. The van der Waals surface area contributed by atoms with Gasteiger partial charge in [-0.05, 0) is 32.6 Å². The molecule has 2 aromatic heterocycles. The molecule has 1 unspecified atom stereocenters. The quantitative estimate of drug-likeness (QED) is 0.601. The number of aryl methyl sites for hydroxylation is 1. The van der Waals surface area contributed by atoms with Crippen molar-refractivity contribution >= 4 is 28.3 Å². The first-order chi connectivity index (χ1) is 14.6. The third kappa shape index (κ3) is 3.21. The molecule has 7 nitrogen and oxygen atoms in total. The molecule has 0 spiro atoms. The van der Waals surface area contributed by atoms with Crippen molar-refractivity contribution in [2.24, 2.45) is 0 Å². The number of anilines is 1. The van der Waals surface area contributed by atoms with Gasteiger partial charge in [0.05, 0.1) is 23.4 Å². The summed E-state index contributed by atoms with van der Waals surface area (Å²) in [7, 11) is 0.